The Morgan fingerprint density at radius 2 is 2.15 bits per heavy atom. The molecule has 0 amide bonds. The third-order valence-corrected chi connectivity index (χ3v) is 3.14. The number of hydrogen-bond acceptors (Lipinski definition) is 3. The van der Waals surface area contributed by atoms with Gasteiger partial charge in [-0.1, -0.05) is 42.4 Å². The second kappa shape index (κ2) is 8.96. The molecule has 2 N–H and O–H groups in total. The van der Waals surface area contributed by atoms with Crippen molar-refractivity contribution in [3.63, 3.8) is 0 Å². The average molecular weight is 276 g/mol. The zero-order valence-corrected chi connectivity index (χ0v) is 11.6. The van der Waals surface area contributed by atoms with Gasteiger partial charge in [0.25, 0.3) is 0 Å². The van der Waals surface area contributed by atoms with E-state index in [1.807, 2.05) is 37.3 Å². The Hall–Kier alpha value is -2.04. The summed E-state index contributed by atoms with van der Waals surface area (Å²) < 4.78 is 0. The van der Waals surface area contributed by atoms with Gasteiger partial charge < -0.3 is 10.4 Å². The molecule has 0 saturated heterocycles. The first kappa shape index (κ1) is 16.0. The number of nitrogens with zero attached hydrogens (tertiary/aromatic N) is 3. The van der Waals surface area contributed by atoms with Crippen LogP contribution < -0.4 is 5.32 Å². The number of carboxylic acid groups (broad SMARTS) is 1. The van der Waals surface area contributed by atoms with Crippen LogP contribution in [0.5, 0.6) is 0 Å². The molecule has 6 nitrogen and oxygen atoms in total. The normalized spacial score (nSPS) is 13.2. The lowest BCUT2D eigenvalue weighted by Gasteiger charge is -2.19. The monoisotopic (exact) mass is 276 g/mol. The third-order valence-electron chi connectivity index (χ3n) is 3.14. The van der Waals surface area contributed by atoms with E-state index in [0.717, 1.165) is 5.56 Å². The Morgan fingerprint density at radius 3 is 2.75 bits per heavy atom. The number of nitrogens with one attached hydrogen (secondary N) is 1. The Kier molecular flexibility index (Phi) is 7.17. The van der Waals surface area contributed by atoms with Crippen LogP contribution in [0.4, 0.5) is 0 Å². The van der Waals surface area contributed by atoms with Gasteiger partial charge in [0.05, 0.1) is 0 Å². The fourth-order valence-corrected chi connectivity index (χ4v) is 2.01. The summed E-state index contributed by atoms with van der Waals surface area (Å²) in [5, 5.41) is 15.6. The van der Waals surface area contributed by atoms with Gasteiger partial charge in [-0.25, -0.2) is 0 Å². The number of azide groups is 1. The van der Waals surface area contributed by atoms with Crippen LogP contribution in [0.3, 0.4) is 0 Å². The summed E-state index contributed by atoms with van der Waals surface area (Å²) in [6.07, 6.45) is 1.16. The first-order chi connectivity index (χ1) is 9.65. The summed E-state index contributed by atoms with van der Waals surface area (Å²) >= 11 is 0. The molecule has 1 aromatic rings. The molecular weight excluding hydrogens is 256 g/mol. The molecule has 0 aromatic heterocycles. The van der Waals surface area contributed by atoms with E-state index in [1.165, 1.54) is 0 Å². The minimum absolute atomic E-state index is 0.168. The number of benzene rings is 1. The summed E-state index contributed by atoms with van der Waals surface area (Å²) in [5.74, 6) is -0.682. The third kappa shape index (κ3) is 5.73. The maximum Gasteiger partial charge on any atom is 0.320 e. The van der Waals surface area contributed by atoms with E-state index in [1.54, 1.807) is 0 Å². The molecule has 108 valence electrons. The minimum atomic E-state index is -0.850. The van der Waals surface area contributed by atoms with Gasteiger partial charge in [-0.2, -0.15) is 0 Å². The second-order valence-corrected chi connectivity index (χ2v) is 4.70. The van der Waals surface area contributed by atoms with E-state index in [0.29, 0.717) is 25.9 Å². The van der Waals surface area contributed by atoms with Crippen LogP contribution in [0.2, 0.25) is 0 Å². The number of rotatable bonds is 9. The Bertz CT molecular complexity index is 458. The highest BCUT2D eigenvalue weighted by molar-refractivity contribution is 5.73. The first-order valence-electron chi connectivity index (χ1n) is 6.67. The summed E-state index contributed by atoms with van der Waals surface area (Å²) in [4.78, 5) is 13.9. The molecule has 1 aromatic carbocycles. The fraction of sp³-hybridized carbons (Fsp3) is 0.500. The van der Waals surface area contributed by atoms with Crippen LogP contribution >= 0.6 is 0 Å². The van der Waals surface area contributed by atoms with E-state index >= 15 is 0 Å². The van der Waals surface area contributed by atoms with Crippen molar-refractivity contribution in [2.24, 2.45) is 5.11 Å². The predicted octanol–water partition coefficient (Wildman–Crippen LogP) is 2.92. The van der Waals surface area contributed by atoms with Crippen molar-refractivity contribution in [3.05, 3.63) is 46.3 Å². The summed E-state index contributed by atoms with van der Waals surface area (Å²) in [7, 11) is 0. The van der Waals surface area contributed by atoms with Gasteiger partial charge in [0, 0.05) is 11.5 Å². The van der Waals surface area contributed by atoms with Crippen molar-refractivity contribution in [3.8, 4) is 0 Å². The Labute approximate surface area is 118 Å². The molecule has 0 heterocycles. The maximum absolute atomic E-state index is 11.2. The Balaban J connectivity index is 2.46. The zero-order valence-electron chi connectivity index (χ0n) is 11.6. The van der Waals surface area contributed by atoms with Crippen LogP contribution in [-0.2, 0) is 4.79 Å². The molecule has 0 saturated carbocycles. The van der Waals surface area contributed by atoms with Gasteiger partial charge in [0.2, 0.25) is 0 Å². The van der Waals surface area contributed by atoms with Crippen molar-refractivity contribution in [2.75, 3.05) is 13.1 Å². The van der Waals surface area contributed by atoms with E-state index in [2.05, 4.69) is 15.3 Å². The molecule has 6 heteroatoms. The first-order valence-corrected chi connectivity index (χ1v) is 6.67. The smallest absolute Gasteiger partial charge is 0.320 e. The van der Waals surface area contributed by atoms with Crippen LogP contribution in [0.25, 0.3) is 10.4 Å². The van der Waals surface area contributed by atoms with Gasteiger partial charge in [-0.15, -0.1) is 0 Å². The molecule has 0 aliphatic rings. The van der Waals surface area contributed by atoms with Crippen molar-refractivity contribution >= 4 is 5.97 Å². The number of carboxylic acids is 1. The van der Waals surface area contributed by atoms with Gasteiger partial charge >= 0.3 is 5.97 Å². The van der Waals surface area contributed by atoms with Crippen LogP contribution in [0, 0.1) is 0 Å². The molecule has 0 radical (unpaired) electrons. The van der Waals surface area contributed by atoms with Gasteiger partial charge in [0.15, 0.2) is 0 Å². The fourth-order valence-electron chi connectivity index (χ4n) is 2.01. The van der Waals surface area contributed by atoms with Crippen molar-refractivity contribution < 1.29 is 9.90 Å². The van der Waals surface area contributed by atoms with Gasteiger partial charge in [0.1, 0.15) is 6.04 Å². The topological polar surface area (TPSA) is 98.1 Å². The molecule has 2 atom stereocenters. The minimum Gasteiger partial charge on any atom is -0.480 e. The zero-order chi connectivity index (χ0) is 14.8. The van der Waals surface area contributed by atoms with Gasteiger partial charge in [-0.3, -0.25) is 4.79 Å². The highest BCUT2D eigenvalue weighted by atomic mass is 16.4. The lowest BCUT2D eigenvalue weighted by molar-refractivity contribution is -0.139. The van der Waals surface area contributed by atoms with E-state index in [4.69, 9.17) is 5.53 Å². The average Bonchev–Trinajstić information content (AvgIpc) is 2.46. The molecule has 0 spiro atoms. The molecular formula is C14H20N4O2. The number of carbonyl (C=O) groups is 1. The molecule has 0 bridgehead atoms. The highest BCUT2D eigenvalue weighted by Gasteiger charge is 2.20. The molecule has 2 unspecified atom stereocenters. The maximum atomic E-state index is 11.2. The second-order valence-electron chi connectivity index (χ2n) is 4.70. The SMILES string of the molecule is CC(CC(NCCCN=[N+]=[N-])C(=O)O)c1ccccc1. The van der Waals surface area contributed by atoms with Gasteiger partial charge in [-0.05, 0) is 36.4 Å². The van der Waals surface area contributed by atoms with E-state index in [9.17, 15) is 9.90 Å². The Morgan fingerprint density at radius 1 is 1.45 bits per heavy atom. The molecule has 1 rings (SSSR count). The van der Waals surface area contributed by atoms with Crippen LogP contribution in [0.1, 0.15) is 31.2 Å². The summed E-state index contributed by atoms with van der Waals surface area (Å²) in [6, 6.07) is 9.27. The quantitative estimate of drug-likeness (QED) is 0.314. The van der Waals surface area contributed by atoms with Crippen molar-refractivity contribution in [1.29, 1.82) is 0 Å². The number of hydrogen-bond donors (Lipinski definition) is 2. The molecule has 0 fully saturated rings. The predicted molar refractivity (Wildman–Crippen MR) is 77.5 cm³/mol. The highest BCUT2D eigenvalue weighted by Crippen LogP contribution is 2.20. The molecule has 0 aliphatic carbocycles. The summed E-state index contributed by atoms with van der Waals surface area (Å²) in [5.41, 5.74) is 9.29. The molecule has 20 heavy (non-hydrogen) atoms. The van der Waals surface area contributed by atoms with E-state index < -0.39 is 12.0 Å². The lowest BCUT2D eigenvalue weighted by atomic mass is 9.94. The van der Waals surface area contributed by atoms with Crippen LogP contribution in [-0.4, -0.2) is 30.2 Å². The standard InChI is InChI=1S/C14H20N4O2/c1-11(12-6-3-2-4-7-12)10-13(14(19)20)16-8-5-9-17-18-15/h2-4,6-7,11,13,16H,5,8-10H2,1H3,(H,19,20). The molecule has 0 aliphatic heterocycles. The summed E-state index contributed by atoms with van der Waals surface area (Å²) in [6.45, 7) is 2.93. The lowest BCUT2D eigenvalue weighted by Crippen LogP contribution is -2.38. The van der Waals surface area contributed by atoms with Crippen molar-refractivity contribution in [2.45, 2.75) is 31.7 Å². The van der Waals surface area contributed by atoms with E-state index in [-0.39, 0.29) is 5.92 Å². The van der Waals surface area contributed by atoms with Crippen molar-refractivity contribution in [1.82, 2.24) is 5.32 Å². The van der Waals surface area contributed by atoms with Crippen LogP contribution in [0.15, 0.2) is 35.4 Å². The number of aliphatic carboxylic acids is 1. The largest absolute Gasteiger partial charge is 0.480 e.